The third kappa shape index (κ3) is 3.63. The van der Waals surface area contributed by atoms with Crippen LogP contribution in [-0.2, 0) is 4.79 Å². The Balaban J connectivity index is 2.17. The minimum Gasteiger partial charge on any atom is -0.384 e. The number of carbonyl (C=O) groups excluding carboxylic acids is 1. The summed E-state index contributed by atoms with van der Waals surface area (Å²) in [6, 6.07) is 0. The molecule has 1 aliphatic heterocycles. The molecule has 1 saturated heterocycles. The van der Waals surface area contributed by atoms with Crippen molar-refractivity contribution < 1.29 is 18.0 Å². The van der Waals surface area contributed by atoms with Crippen LogP contribution < -0.4 is 11.1 Å². The molecule has 7 heteroatoms. The number of alkyl halides is 3. The molecule has 0 spiro atoms. The number of nitrogens with zero attached hydrogens (tertiary/aromatic N) is 1. The zero-order valence-corrected chi connectivity index (χ0v) is 12.7. The summed E-state index contributed by atoms with van der Waals surface area (Å²) in [7, 11) is 0. The fraction of sp³-hybridized carbons (Fsp3) is 0.667. The van der Waals surface area contributed by atoms with Gasteiger partial charge in [0.2, 0.25) is 0 Å². The lowest BCUT2D eigenvalue weighted by Gasteiger charge is -2.27. The van der Waals surface area contributed by atoms with Crippen LogP contribution in [0.1, 0.15) is 26.2 Å². The standard InChI is InChI=1S/C15H22F3N3O/c1-10-2-3-11-4-8-21(14(22)15(16,17)18)9-5-12(11)13(10)20-7-6-19/h2,11,20H,3-9,19H2,1H3. The molecule has 1 heterocycles. The van der Waals surface area contributed by atoms with Gasteiger partial charge in [0.25, 0.3) is 0 Å². The SMILES string of the molecule is CC1=CCC2CCN(C(=O)C(F)(F)F)CCC2=C1NCCN. The maximum absolute atomic E-state index is 12.6. The summed E-state index contributed by atoms with van der Waals surface area (Å²) in [4.78, 5) is 12.4. The predicted octanol–water partition coefficient (Wildman–Crippen LogP) is 1.94. The van der Waals surface area contributed by atoms with E-state index < -0.39 is 12.1 Å². The first-order chi connectivity index (χ1) is 10.3. The number of fused-ring (bicyclic) bond motifs is 1. The molecule has 2 rings (SSSR count). The highest BCUT2D eigenvalue weighted by molar-refractivity contribution is 5.81. The second-order valence-electron chi connectivity index (χ2n) is 5.76. The highest BCUT2D eigenvalue weighted by atomic mass is 19.4. The summed E-state index contributed by atoms with van der Waals surface area (Å²) in [6.07, 6.45) is -0.824. The third-order valence-corrected chi connectivity index (χ3v) is 4.29. The summed E-state index contributed by atoms with van der Waals surface area (Å²) in [5.41, 5.74) is 8.76. The molecular weight excluding hydrogens is 295 g/mol. The molecule has 0 bridgehead atoms. The van der Waals surface area contributed by atoms with Gasteiger partial charge >= 0.3 is 12.1 Å². The molecule has 3 N–H and O–H groups in total. The molecule has 0 aromatic rings. The Kier molecular flexibility index (Phi) is 5.16. The van der Waals surface area contributed by atoms with Crippen LogP contribution in [0.4, 0.5) is 13.2 Å². The van der Waals surface area contributed by atoms with Crippen LogP contribution in [0.2, 0.25) is 0 Å². The minimum absolute atomic E-state index is 0.116. The molecule has 1 fully saturated rings. The van der Waals surface area contributed by atoms with Crippen molar-refractivity contribution in [1.82, 2.24) is 10.2 Å². The Labute approximate surface area is 128 Å². The van der Waals surface area contributed by atoms with Gasteiger partial charge in [-0.2, -0.15) is 13.2 Å². The molecule has 1 unspecified atom stereocenters. The molecule has 22 heavy (non-hydrogen) atoms. The minimum atomic E-state index is -4.79. The summed E-state index contributed by atoms with van der Waals surface area (Å²) in [5, 5.41) is 3.28. The van der Waals surface area contributed by atoms with Crippen LogP contribution in [0, 0.1) is 5.92 Å². The monoisotopic (exact) mass is 317 g/mol. The van der Waals surface area contributed by atoms with E-state index in [9.17, 15) is 18.0 Å². The van der Waals surface area contributed by atoms with Gasteiger partial charge in [-0.05, 0) is 43.3 Å². The molecule has 2 aliphatic rings. The number of amides is 1. The second kappa shape index (κ2) is 6.73. The molecule has 0 radical (unpaired) electrons. The van der Waals surface area contributed by atoms with Gasteiger partial charge in [0.15, 0.2) is 0 Å². The Bertz CT molecular complexity index is 497. The average Bonchev–Trinajstić information content (AvgIpc) is 2.67. The van der Waals surface area contributed by atoms with Gasteiger partial charge in [-0.15, -0.1) is 0 Å². The van der Waals surface area contributed by atoms with Gasteiger partial charge in [0.05, 0.1) is 0 Å². The van der Waals surface area contributed by atoms with Gasteiger partial charge in [-0.3, -0.25) is 4.79 Å². The van der Waals surface area contributed by atoms with E-state index in [1.807, 2.05) is 6.92 Å². The van der Waals surface area contributed by atoms with E-state index in [0.717, 1.165) is 28.2 Å². The molecule has 4 nitrogen and oxygen atoms in total. The highest BCUT2D eigenvalue weighted by Crippen LogP contribution is 2.35. The van der Waals surface area contributed by atoms with E-state index in [1.165, 1.54) is 0 Å². The number of nitrogens with two attached hydrogens (primary N) is 1. The molecule has 1 aliphatic carbocycles. The van der Waals surface area contributed by atoms with Crippen LogP contribution in [0.15, 0.2) is 22.9 Å². The molecule has 0 aromatic heterocycles. The fourth-order valence-electron chi connectivity index (χ4n) is 3.15. The van der Waals surface area contributed by atoms with E-state index in [-0.39, 0.29) is 19.0 Å². The van der Waals surface area contributed by atoms with E-state index >= 15 is 0 Å². The molecule has 1 amide bonds. The van der Waals surface area contributed by atoms with Crippen molar-refractivity contribution in [2.45, 2.75) is 32.4 Å². The summed E-state index contributed by atoms with van der Waals surface area (Å²) in [6.45, 7) is 3.38. The second-order valence-corrected chi connectivity index (χ2v) is 5.76. The number of allylic oxidation sites excluding steroid dienone is 2. The van der Waals surface area contributed by atoms with Crippen molar-refractivity contribution in [1.29, 1.82) is 0 Å². The molecule has 0 saturated carbocycles. The molecular formula is C15H22F3N3O. The van der Waals surface area contributed by atoms with Gasteiger partial charge in [-0.1, -0.05) is 6.08 Å². The van der Waals surface area contributed by atoms with Crippen molar-refractivity contribution in [3.05, 3.63) is 22.9 Å². The summed E-state index contributed by atoms with van der Waals surface area (Å²) < 4.78 is 37.8. The van der Waals surface area contributed by atoms with E-state index in [0.29, 0.717) is 25.9 Å². The smallest absolute Gasteiger partial charge is 0.384 e. The van der Waals surface area contributed by atoms with E-state index in [1.54, 1.807) is 0 Å². The van der Waals surface area contributed by atoms with Crippen LogP contribution in [0.3, 0.4) is 0 Å². The Hall–Kier alpha value is -1.50. The maximum atomic E-state index is 12.6. The number of rotatable bonds is 3. The van der Waals surface area contributed by atoms with E-state index in [2.05, 4.69) is 11.4 Å². The number of halogens is 3. The van der Waals surface area contributed by atoms with Gasteiger partial charge in [0, 0.05) is 31.9 Å². The Morgan fingerprint density at radius 1 is 1.45 bits per heavy atom. The molecule has 1 atom stereocenters. The third-order valence-electron chi connectivity index (χ3n) is 4.29. The lowest BCUT2D eigenvalue weighted by atomic mass is 9.83. The number of hydrogen-bond donors (Lipinski definition) is 2. The van der Waals surface area contributed by atoms with Crippen LogP contribution >= 0.6 is 0 Å². The Morgan fingerprint density at radius 2 is 2.18 bits per heavy atom. The van der Waals surface area contributed by atoms with Crippen LogP contribution in [0.25, 0.3) is 0 Å². The average molecular weight is 317 g/mol. The summed E-state index contributed by atoms with van der Waals surface area (Å²) in [5.74, 6) is -1.53. The van der Waals surface area contributed by atoms with Crippen molar-refractivity contribution in [3.8, 4) is 0 Å². The zero-order chi connectivity index (χ0) is 16.3. The Morgan fingerprint density at radius 3 is 2.82 bits per heavy atom. The predicted molar refractivity (Wildman–Crippen MR) is 77.8 cm³/mol. The van der Waals surface area contributed by atoms with Crippen LogP contribution in [0.5, 0.6) is 0 Å². The quantitative estimate of drug-likeness (QED) is 0.836. The van der Waals surface area contributed by atoms with Crippen LogP contribution in [-0.4, -0.2) is 43.2 Å². The highest BCUT2D eigenvalue weighted by Gasteiger charge is 2.43. The molecule has 0 aromatic carbocycles. The number of likely N-dealkylation sites (tertiary alicyclic amines) is 1. The van der Waals surface area contributed by atoms with Crippen molar-refractivity contribution in [3.63, 3.8) is 0 Å². The zero-order valence-electron chi connectivity index (χ0n) is 12.7. The largest absolute Gasteiger partial charge is 0.471 e. The first-order valence-corrected chi connectivity index (χ1v) is 7.54. The number of carbonyl (C=O) groups is 1. The normalized spacial score (nSPS) is 22.9. The fourth-order valence-corrected chi connectivity index (χ4v) is 3.15. The maximum Gasteiger partial charge on any atom is 0.471 e. The van der Waals surface area contributed by atoms with Crippen molar-refractivity contribution in [2.24, 2.45) is 11.7 Å². The first-order valence-electron chi connectivity index (χ1n) is 7.54. The van der Waals surface area contributed by atoms with Gasteiger partial charge in [0.1, 0.15) is 0 Å². The number of hydrogen-bond acceptors (Lipinski definition) is 3. The van der Waals surface area contributed by atoms with Crippen molar-refractivity contribution in [2.75, 3.05) is 26.2 Å². The molecule has 124 valence electrons. The van der Waals surface area contributed by atoms with Gasteiger partial charge < -0.3 is 16.0 Å². The van der Waals surface area contributed by atoms with Gasteiger partial charge in [-0.25, -0.2) is 0 Å². The summed E-state index contributed by atoms with van der Waals surface area (Å²) >= 11 is 0. The topological polar surface area (TPSA) is 58.4 Å². The van der Waals surface area contributed by atoms with Crippen molar-refractivity contribution >= 4 is 5.91 Å². The lowest BCUT2D eigenvalue weighted by Crippen LogP contribution is -2.41. The lowest BCUT2D eigenvalue weighted by molar-refractivity contribution is -0.185. The first kappa shape index (κ1) is 16.9. The van der Waals surface area contributed by atoms with E-state index in [4.69, 9.17) is 5.73 Å². The number of nitrogens with one attached hydrogen (secondary N) is 1.